The zero-order valence-corrected chi connectivity index (χ0v) is 9.67. The summed E-state index contributed by atoms with van der Waals surface area (Å²) in [6.07, 6.45) is 0.556. The molecule has 0 amide bonds. The van der Waals surface area contributed by atoms with Crippen molar-refractivity contribution >= 4 is 10.2 Å². The van der Waals surface area contributed by atoms with Crippen LogP contribution in [0.4, 0.5) is 0 Å². The van der Waals surface area contributed by atoms with E-state index in [1.165, 1.54) is 14.1 Å². The average molecular weight is 225 g/mol. The van der Waals surface area contributed by atoms with E-state index in [9.17, 15) is 8.42 Å². The van der Waals surface area contributed by atoms with Gasteiger partial charge in [-0.3, -0.25) is 0 Å². The van der Waals surface area contributed by atoms with Crippen LogP contribution in [0.3, 0.4) is 0 Å². The van der Waals surface area contributed by atoms with Gasteiger partial charge < -0.3 is 10.5 Å². The van der Waals surface area contributed by atoms with Gasteiger partial charge in [-0.15, -0.1) is 0 Å². The van der Waals surface area contributed by atoms with Crippen molar-refractivity contribution in [1.29, 1.82) is 0 Å². The summed E-state index contributed by atoms with van der Waals surface area (Å²) in [6, 6.07) is -0.134. The molecule has 0 rings (SSSR count). The first-order valence-electron chi connectivity index (χ1n) is 4.31. The monoisotopic (exact) mass is 225 g/mol. The van der Waals surface area contributed by atoms with Gasteiger partial charge in [-0.25, -0.2) is 4.72 Å². The van der Waals surface area contributed by atoms with Crippen molar-refractivity contribution in [1.82, 2.24) is 9.03 Å². The molecule has 1 atom stereocenters. The predicted molar refractivity (Wildman–Crippen MR) is 55.1 cm³/mol. The Balaban J connectivity index is 3.74. The van der Waals surface area contributed by atoms with Crippen LogP contribution in [0.5, 0.6) is 0 Å². The molecule has 0 aliphatic heterocycles. The van der Waals surface area contributed by atoms with Crippen molar-refractivity contribution < 1.29 is 13.2 Å². The average Bonchev–Trinajstić information content (AvgIpc) is 2.04. The second-order valence-corrected chi connectivity index (χ2v) is 5.15. The summed E-state index contributed by atoms with van der Waals surface area (Å²) >= 11 is 0. The number of nitrogens with two attached hydrogens (primary N) is 1. The minimum atomic E-state index is -3.32. The second-order valence-electron chi connectivity index (χ2n) is 3.19. The van der Waals surface area contributed by atoms with Crippen LogP contribution >= 0.6 is 0 Å². The van der Waals surface area contributed by atoms with E-state index >= 15 is 0 Å². The highest BCUT2D eigenvalue weighted by Crippen LogP contribution is 1.91. The molecule has 14 heavy (non-hydrogen) atoms. The van der Waals surface area contributed by atoms with Crippen LogP contribution in [0.1, 0.15) is 6.42 Å². The van der Waals surface area contributed by atoms with Crippen LogP contribution in [0, 0.1) is 0 Å². The smallest absolute Gasteiger partial charge is 0.278 e. The molecule has 0 heterocycles. The van der Waals surface area contributed by atoms with Gasteiger partial charge in [0, 0.05) is 33.8 Å². The standard InChI is InChI=1S/C7H19N3O3S/c1-10(2)14(11,12)9-5-4-7(8)6-13-3/h7,9H,4-6,8H2,1-3H3. The van der Waals surface area contributed by atoms with Gasteiger partial charge in [-0.05, 0) is 6.42 Å². The molecule has 0 fully saturated rings. The first-order valence-corrected chi connectivity index (χ1v) is 5.75. The van der Waals surface area contributed by atoms with Crippen molar-refractivity contribution in [3.63, 3.8) is 0 Å². The highest BCUT2D eigenvalue weighted by atomic mass is 32.2. The van der Waals surface area contributed by atoms with E-state index in [0.29, 0.717) is 19.6 Å². The maximum atomic E-state index is 11.2. The van der Waals surface area contributed by atoms with Gasteiger partial charge in [0.2, 0.25) is 0 Å². The van der Waals surface area contributed by atoms with Crippen LogP contribution in [-0.4, -0.2) is 53.1 Å². The van der Waals surface area contributed by atoms with Gasteiger partial charge in [0.15, 0.2) is 0 Å². The number of ether oxygens (including phenoxy) is 1. The Labute approximate surface area is 85.6 Å². The summed E-state index contributed by atoms with van der Waals surface area (Å²) in [5.74, 6) is 0. The predicted octanol–water partition coefficient (Wildman–Crippen LogP) is -1.25. The van der Waals surface area contributed by atoms with Gasteiger partial charge in [0.25, 0.3) is 10.2 Å². The summed E-state index contributed by atoms with van der Waals surface area (Å²) in [4.78, 5) is 0. The summed E-state index contributed by atoms with van der Waals surface area (Å²) in [6.45, 7) is 0.759. The van der Waals surface area contributed by atoms with E-state index in [2.05, 4.69) is 4.72 Å². The molecule has 0 aromatic heterocycles. The fraction of sp³-hybridized carbons (Fsp3) is 1.00. The van der Waals surface area contributed by atoms with Crippen LogP contribution in [-0.2, 0) is 14.9 Å². The zero-order valence-electron chi connectivity index (χ0n) is 8.86. The Morgan fingerprint density at radius 2 is 2.07 bits per heavy atom. The SMILES string of the molecule is COCC(N)CCNS(=O)(=O)N(C)C. The first-order chi connectivity index (χ1) is 6.40. The van der Waals surface area contributed by atoms with Crippen molar-refractivity contribution in [2.75, 3.05) is 34.4 Å². The zero-order chi connectivity index (χ0) is 11.2. The van der Waals surface area contributed by atoms with E-state index in [1.54, 1.807) is 7.11 Å². The van der Waals surface area contributed by atoms with E-state index < -0.39 is 10.2 Å². The second kappa shape index (κ2) is 6.31. The molecule has 0 aromatic rings. The highest BCUT2D eigenvalue weighted by molar-refractivity contribution is 7.87. The Morgan fingerprint density at radius 1 is 1.50 bits per heavy atom. The van der Waals surface area contributed by atoms with Gasteiger partial charge in [0.1, 0.15) is 0 Å². The topological polar surface area (TPSA) is 84.7 Å². The van der Waals surface area contributed by atoms with Gasteiger partial charge in [-0.1, -0.05) is 0 Å². The quantitative estimate of drug-likeness (QED) is 0.567. The summed E-state index contributed by atoms with van der Waals surface area (Å²) < 4.78 is 30.8. The van der Waals surface area contributed by atoms with E-state index in [-0.39, 0.29) is 6.04 Å². The first kappa shape index (κ1) is 13.8. The maximum absolute atomic E-state index is 11.2. The van der Waals surface area contributed by atoms with Crippen molar-refractivity contribution in [2.24, 2.45) is 5.73 Å². The lowest BCUT2D eigenvalue weighted by Gasteiger charge is -2.14. The Bertz CT molecular complexity index is 241. The third-order valence-corrected chi connectivity index (χ3v) is 3.19. The fourth-order valence-electron chi connectivity index (χ4n) is 0.800. The molecule has 0 saturated heterocycles. The summed E-state index contributed by atoms with van der Waals surface area (Å²) in [5.41, 5.74) is 5.62. The number of hydrogen-bond donors (Lipinski definition) is 2. The molecule has 3 N–H and O–H groups in total. The van der Waals surface area contributed by atoms with Crippen LogP contribution in [0.25, 0.3) is 0 Å². The molecular weight excluding hydrogens is 206 g/mol. The number of rotatable bonds is 7. The fourth-order valence-corrected chi connectivity index (χ4v) is 1.43. The molecule has 0 radical (unpaired) electrons. The normalized spacial score (nSPS) is 14.6. The number of nitrogens with one attached hydrogen (secondary N) is 1. The Morgan fingerprint density at radius 3 is 2.50 bits per heavy atom. The lowest BCUT2D eigenvalue weighted by molar-refractivity contribution is 0.177. The maximum Gasteiger partial charge on any atom is 0.278 e. The van der Waals surface area contributed by atoms with E-state index in [4.69, 9.17) is 10.5 Å². The van der Waals surface area contributed by atoms with Crippen LogP contribution < -0.4 is 10.5 Å². The highest BCUT2D eigenvalue weighted by Gasteiger charge is 2.12. The molecule has 0 saturated carbocycles. The van der Waals surface area contributed by atoms with Crippen molar-refractivity contribution in [3.8, 4) is 0 Å². The Hall–Kier alpha value is -0.210. The lowest BCUT2D eigenvalue weighted by atomic mass is 10.2. The molecule has 0 aliphatic rings. The molecule has 0 spiro atoms. The molecule has 6 nitrogen and oxygen atoms in total. The largest absolute Gasteiger partial charge is 0.383 e. The van der Waals surface area contributed by atoms with Crippen LogP contribution in [0.2, 0.25) is 0 Å². The molecule has 0 aromatic carbocycles. The molecule has 1 unspecified atom stereocenters. The molecule has 0 aliphatic carbocycles. The molecule has 7 heteroatoms. The van der Waals surface area contributed by atoms with Gasteiger partial charge in [-0.2, -0.15) is 12.7 Å². The van der Waals surface area contributed by atoms with Gasteiger partial charge in [0.05, 0.1) is 6.61 Å². The van der Waals surface area contributed by atoms with Gasteiger partial charge >= 0.3 is 0 Å². The minimum Gasteiger partial charge on any atom is -0.383 e. The number of hydrogen-bond acceptors (Lipinski definition) is 4. The van der Waals surface area contributed by atoms with Crippen molar-refractivity contribution in [2.45, 2.75) is 12.5 Å². The number of nitrogens with zero attached hydrogens (tertiary/aromatic N) is 1. The third-order valence-electron chi connectivity index (χ3n) is 1.66. The summed E-state index contributed by atoms with van der Waals surface area (Å²) in [7, 11) is 1.18. The Kier molecular flexibility index (Phi) is 6.21. The van der Waals surface area contributed by atoms with Crippen molar-refractivity contribution in [3.05, 3.63) is 0 Å². The minimum absolute atomic E-state index is 0.134. The van der Waals surface area contributed by atoms with E-state index in [0.717, 1.165) is 4.31 Å². The molecular formula is C7H19N3O3S. The summed E-state index contributed by atoms with van der Waals surface area (Å²) in [5, 5.41) is 0. The van der Waals surface area contributed by atoms with E-state index in [1.807, 2.05) is 0 Å². The third kappa shape index (κ3) is 5.51. The lowest BCUT2D eigenvalue weighted by Crippen LogP contribution is -2.38. The van der Waals surface area contributed by atoms with Crippen LogP contribution in [0.15, 0.2) is 0 Å². The molecule has 86 valence electrons. The number of methoxy groups -OCH3 is 1. The molecule has 0 bridgehead atoms.